The van der Waals surface area contributed by atoms with Crippen LogP contribution in [0.25, 0.3) is 0 Å². The van der Waals surface area contributed by atoms with E-state index >= 15 is 0 Å². The third-order valence-corrected chi connectivity index (χ3v) is 22.8. The van der Waals surface area contributed by atoms with E-state index in [9.17, 15) is 43.2 Å². The highest BCUT2D eigenvalue weighted by atomic mass is 31.2. The molecule has 0 aromatic carbocycles. The molecule has 624 valence electrons. The van der Waals surface area contributed by atoms with E-state index < -0.39 is 97.5 Å². The first-order valence-corrected chi connectivity index (χ1v) is 47.4. The van der Waals surface area contributed by atoms with E-state index in [-0.39, 0.29) is 25.7 Å². The van der Waals surface area contributed by atoms with Crippen molar-refractivity contribution >= 4 is 39.5 Å². The molecule has 0 saturated heterocycles. The van der Waals surface area contributed by atoms with Crippen LogP contribution in [-0.4, -0.2) is 96.7 Å². The molecular weight excluding hydrogens is 1370 g/mol. The molecule has 0 aromatic heterocycles. The molecule has 0 aromatic rings. The molecular formula is C86H168O17P2. The Labute approximate surface area is 645 Å². The van der Waals surface area contributed by atoms with Gasteiger partial charge >= 0.3 is 39.5 Å². The highest BCUT2D eigenvalue weighted by Crippen LogP contribution is 2.45. The summed E-state index contributed by atoms with van der Waals surface area (Å²) < 4.78 is 68.9. The summed E-state index contributed by atoms with van der Waals surface area (Å²) in [5.74, 6) is 0.295. The summed E-state index contributed by atoms with van der Waals surface area (Å²) in [7, 11) is -9.93. The molecule has 0 aliphatic heterocycles. The van der Waals surface area contributed by atoms with Gasteiger partial charge in [-0.3, -0.25) is 37.3 Å². The zero-order valence-electron chi connectivity index (χ0n) is 69.2. The van der Waals surface area contributed by atoms with Crippen LogP contribution in [0.15, 0.2) is 0 Å². The van der Waals surface area contributed by atoms with Gasteiger partial charge in [0.05, 0.1) is 26.4 Å². The predicted molar refractivity (Wildman–Crippen MR) is 432 cm³/mol. The van der Waals surface area contributed by atoms with Crippen LogP contribution in [0.3, 0.4) is 0 Å². The van der Waals surface area contributed by atoms with Gasteiger partial charge in [-0.1, -0.05) is 402 Å². The van der Waals surface area contributed by atoms with Crippen molar-refractivity contribution in [3.8, 4) is 0 Å². The van der Waals surface area contributed by atoms with Gasteiger partial charge in [-0.25, -0.2) is 9.13 Å². The summed E-state index contributed by atoms with van der Waals surface area (Å²) in [6.45, 7) is 12.0. The maximum Gasteiger partial charge on any atom is 0.472 e. The first kappa shape index (κ1) is 103. The van der Waals surface area contributed by atoms with Gasteiger partial charge in [-0.15, -0.1) is 0 Å². The zero-order chi connectivity index (χ0) is 77.2. The quantitative estimate of drug-likeness (QED) is 0.0222. The lowest BCUT2D eigenvalue weighted by Gasteiger charge is -2.21. The fourth-order valence-electron chi connectivity index (χ4n) is 13.3. The Morgan fingerprint density at radius 3 is 0.724 bits per heavy atom. The Bertz CT molecular complexity index is 2030. The first-order valence-electron chi connectivity index (χ1n) is 44.4. The lowest BCUT2D eigenvalue weighted by atomic mass is 9.99. The number of carbonyl (C=O) groups is 4. The van der Waals surface area contributed by atoms with Crippen molar-refractivity contribution in [2.45, 2.75) is 471 Å². The minimum Gasteiger partial charge on any atom is -0.462 e. The van der Waals surface area contributed by atoms with E-state index in [0.29, 0.717) is 25.7 Å². The number of hydrogen-bond donors (Lipinski definition) is 3. The molecule has 0 radical (unpaired) electrons. The molecule has 0 bridgehead atoms. The number of phosphoric acid groups is 2. The van der Waals surface area contributed by atoms with Gasteiger partial charge in [0, 0.05) is 25.7 Å². The SMILES string of the molecule is CCCCCCCCCCCCCCCCCCCCC(=O)OC[C@H](COP(=O)(O)OC[C@@H](O)COP(=O)(O)OC[C@@H](COC(=O)CCCCCCCCCCC(C)CC)OC(=O)CCCCCCCCCCCCC(C)C)OC(=O)CCCCCCCCCCCCCCCCCCCCC(C)CC. The fraction of sp³-hybridized carbons (Fsp3) is 0.953. The molecule has 4 unspecified atom stereocenters. The predicted octanol–water partition coefficient (Wildman–Crippen LogP) is 26.1. The molecule has 19 heteroatoms. The summed E-state index contributed by atoms with van der Waals surface area (Å²) in [5, 5.41) is 10.7. The Morgan fingerprint density at radius 1 is 0.276 bits per heavy atom. The van der Waals surface area contributed by atoms with Crippen molar-refractivity contribution in [1.82, 2.24) is 0 Å². The molecule has 0 amide bonds. The zero-order valence-corrected chi connectivity index (χ0v) is 71.0. The molecule has 17 nitrogen and oxygen atoms in total. The van der Waals surface area contributed by atoms with Crippen molar-refractivity contribution in [2.75, 3.05) is 39.6 Å². The number of aliphatic hydroxyl groups is 1. The Hall–Kier alpha value is -1.94. The molecule has 0 aliphatic carbocycles. The van der Waals surface area contributed by atoms with E-state index in [1.807, 2.05) is 0 Å². The molecule has 0 saturated carbocycles. The van der Waals surface area contributed by atoms with Crippen LogP contribution in [-0.2, 0) is 65.4 Å². The minimum absolute atomic E-state index is 0.106. The van der Waals surface area contributed by atoms with Crippen LogP contribution in [0.4, 0.5) is 0 Å². The van der Waals surface area contributed by atoms with Crippen LogP contribution in [0.5, 0.6) is 0 Å². The number of carbonyl (C=O) groups excluding carboxylic acids is 4. The monoisotopic (exact) mass is 1540 g/mol. The summed E-state index contributed by atoms with van der Waals surface area (Å²) >= 11 is 0. The second-order valence-electron chi connectivity index (χ2n) is 31.9. The lowest BCUT2D eigenvalue weighted by Crippen LogP contribution is -2.30. The van der Waals surface area contributed by atoms with Crippen molar-refractivity contribution in [1.29, 1.82) is 0 Å². The van der Waals surface area contributed by atoms with Crippen LogP contribution in [0.2, 0.25) is 0 Å². The van der Waals surface area contributed by atoms with Gasteiger partial charge < -0.3 is 33.8 Å². The molecule has 105 heavy (non-hydrogen) atoms. The third kappa shape index (κ3) is 77.2. The number of esters is 4. The topological polar surface area (TPSA) is 237 Å². The van der Waals surface area contributed by atoms with Crippen LogP contribution >= 0.6 is 15.6 Å². The number of ether oxygens (including phenoxy) is 4. The lowest BCUT2D eigenvalue weighted by molar-refractivity contribution is -0.161. The highest BCUT2D eigenvalue weighted by Gasteiger charge is 2.30. The van der Waals surface area contributed by atoms with Gasteiger partial charge in [0.1, 0.15) is 19.3 Å². The molecule has 0 fully saturated rings. The standard InChI is InChI=1S/C86H168O17P2/c1-8-11-12-13-14-15-16-17-18-19-23-26-29-32-38-46-53-60-67-83(88)96-73-81(102-85(90)69-62-55-48-39-33-30-27-24-21-20-22-25-28-31-37-44-51-58-65-78(6)9-2)75-100-104(92,93)98-71-80(87)72-99-105(94,95)101-76-82(74-97-84(89)68-61-54-47-42-41-45-52-59-66-79(7)10-3)103-86(91)70-63-56-49-40-35-34-36-43-50-57-64-77(4)5/h77-82,87H,8-76H2,1-7H3,(H,92,93)(H,94,95)/t78?,79?,80-,81-,82-/m1/s1. The highest BCUT2D eigenvalue weighted by molar-refractivity contribution is 7.47. The fourth-order valence-corrected chi connectivity index (χ4v) is 14.9. The van der Waals surface area contributed by atoms with E-state index in [2.05, 4.69) is 48.5 Å². The molecule has 0 spiro atoms. The second kappa shape index (κ2) is 76.1. The van der Waals surface area contributed by atoms with Crippen molar-refractivity contribution < 1.29 is 80.2 Å². The average molecular weight is 1540 g/mol. The van der Waals surface area contributed by atoms with Gasteiger partial charge in [0.25, 0.3) is 0 Å². The number of rotatable bonds is 84. The summed E-state index contributed by atoms with van der Waals surface area (Å²) in [4.78, 5) is 73.2. The second-order valence-corrected chi connectivity index (χ2v) is 34.8. The Morgan fingerprint density at radius 2 is 0.486 bits per heavy atom. The number of unbranched alkanes of at least 4 members (excludes halogenated alkanes) is 50. The maximum absolute atomic E-state index is 13.2. The van der Waals surface area contributed by atoms with Crippen LogP contribution < -0.4 is 0 Å². The van der Waals surface area contributed by atoms with Crippen LogP contribution in [0, 0.1) is 17.8 Å². The van der Waals surface area contributed by atoms with Gasteiger partial charge in [0.15, 0.2) is 12.2 Å². The first-order chi connectivity index (χ1) is 50.8. The molecule has 0 rings (SSSR count). The molecule has 0 aliphatic rings. The number of aliphatic hydroxyl groups excluding tert-OH is 1. The van der Waals surface area contributed by atoms with E-state index in [1.165, 1.54) is 263 Å². The van der Waals surface area contributed by atoms with Gasteiger partial charge in [0.2, 0.25) is 0 Å². The smallest absolute Gasteiger partial charge is 0.462 e. The summed E-state index contributed by atoms with van der Waals surface area (Å²) in [5.41, 5.74) is 0. The van der Waals surface area contributed by atoms with E-state index in [1.54, 1.807) is 0 Å². The number of hydrogen-bond acceptors (Lipinski definition) is 15. The van der Waals surface area contributed by atoms with Crippen LogP contribution in [0.1, 0.15) is 453 Å². The summed E-state index contributed by atoms with van der Waals surface area (Å²) in [6, 6.07) is 0. The maximum atomic E-state index is 13.2. The van der Waals surface area contributed by atoms with Gasteiger partial charge in [-0.05, 0) is 43.4 Å². The molecule has 0 heterocycles. The third-order valence-electron chi connectivity index (χ3n) is 20.9. The van der Waals surface area contributed by atoms with Gasteiger partial charge in [-0.2, -0.15) is 0 Å². The Balaban J connectivity index is 5.24. The minimum atomic E-state index is -4.97. The number of phosphoric ester groups is 2. The van der Waals surface area contributed by atoms with Crippen molar-refractivity contribution in [3.05, 3.63) is 0 Å². The summed E-state index contributed by atoms with van der Waals surface area (Å²) in [6.07, 6.45) is 66.6. The normalized spacial score (nSPS) is 14.4. The van der Waals surface area contributed by atoms with Crippen molar-refractivity contribution in [3.63, 3.8) is 0 Å². The molecule has 3 N–H and O–H groups in total. The van der Waals surface area contributed by atoms with E-state index in [4.69, 9.17) is 37.0 Å². The van der Waals surface area contributed by atoms with E-state index in [0.717, 1.165) is 108 Å². The largest absolute Gasteiger partial charge is 0.472 e. The van der Waals surface area contributed by atoms with Crippen molar-refractivity contribution in [2.24, 2.45) is 17.8 Å². The average Bonchev–Trinajstić information content (AvgIpc) is 0.905. The Kier molecular flexibility index (Phi) is 74.7. The molecule has 7 atom stereocenters.